The molecule has 0 spiro atoms. The summed E-state index contributed by atoms with van der Waals surface area (Å²) in [6, 6.07) is 52.9. The number of hydrogen-bond donors (Lipinski definition) is 0. The molecule has 1 aromatic heterocycles. The van der Waals surface area contributed by atoms with Gasteiger partial charge in [-0.25, -0.2) is 0 Å². The summed E-state index contributed by atoms with van der Waals surface area (Å²) >= 11 is 0. The van der Waals surface area contributed by atoms with Gasteiger partial charge in [0.25, 0.3) is 0 Å². The Morgan fingerprint density at radius 2 is 1.17 bits per heavy atom. The van der Waals surface area contributed by atoms with Crippen molar-refractivity contribution in [2.75, 3.05) is 0 Å². The Bertz CT molecular complexity index is 2690. The molecule has 47 heavy (non-hydrogen) atoms. The van der Waals surface area contributed by atoms with Crippen LogP contribution in [0.15, 0.2) is 168 Å². The van der Waals surface area contributed by atoms with Gasteiger partial charge in [-0.15, -0.1) is 0 Å². The van der Waals surface area contributed by atoms with Crippen molar-refractivity contribution in [2.24, 2.45) is 0 Å². The van der Waals surface area contributed by atoms with E-state index < -0.39 is 0 Å². The molecule has 1 unspecified atom stereocenters. The van der Waals surface area contributed by atoms with Crippen LogP contribution in [-0.4, -0.2) is 0 Å². The number of fused-ring (bicyclic) bond motifs is 3. The van der Waals surface area contributed by atoms with Crippen LogP contribution in [0.1, 0.15) is 23.5 Å². The van der Waals surface area contributed by atoms with E-state index >= 15 is 0 Å². The predicted molar refractivity (Wildman–Crippen MR) is 199 cm³/mol. The highest BCUT2D eigenvalue weighted by Gasteiger charge is 2.22. The Morgan fingerprint density at radius 3 is 1.98 bits per heavy atom. The topological polar surface area (TPSA) is 13.1 Å². The van der Waals surface area contributed by atoms with E-state index in [1.54, 1.807) is 0 Å². The van der Waals surface area contributed by atoms with Gasteiger partial charge >= 0.3 is 0 Å². The molecule has 1 heteroatoms. The molecule has 1 heterocycles. The molecule has 0 saturated carbocycles. The van der Waals surface area contributed by atoms with Crippen LogP contribution in [0.3, 0.4) is 0 Å². The predicted octanol–water partition coefficient (Wildman–Crippen LogP) is 12.9. The molecule has 0 aliphatic heterocycles. The lowest BCUT2D eigenvalue weighted by atomic mass is 9.80. The zero-order valence-corrected chi connectivity index (χ0v) is 25.8. The van der Waals surface area contributed by atoms with E-state index in [0.29, 0.717) is 0 Å². The highest BCUT2D eigenvalue weighted by molar-refractivity contribution is 6.28. The molecule has 0 amide bonds. The van der Waals surface area contributed by atoms with Crippen LogP contribution in [-0.2, 0) is 0 Å². The molecule has 0 saturated heterocycles. The average molecular weight is 599 g/mol. The lowest BCUT2D eigenvalue weighted by Gasteiger charge is -2.23. The van der Waals surface area contributed by atoms with Crippen LogP contribution in [0.4, 0.5) is 0 Å². The monoisotopic (exact) mass is 598 g/mol. The Hall–Kier alpha value is -5.92. The summed E-state index contributed by atoms with van der Waals surface area (Å²) in [7, 11) is 0. The lowest BCUT2D eigenvalue weighted by molar-refractivity contribution is 0.667. The van der Waals surface area contributed by atoms with Crippen molar-refractivity contribution in [3.8, 4) is 22.3 Å². The summed E-state index contributed by atoms with van der Waals surface area (Å²) in [5.41, 5.74) is 10.7. The van der Waals surface area contributed by atoms with E-state index in [9.17, 15) is 0 Å². The van der Waals surface area contributed by atoms with Gasteiger partial charge in [-0.3, -0.25) is 0 Å². The van der Waals surface area contributed by atoms with Gasteiger partial charge in [0.2, 0.25) is 0 Å². The number of furan rings is 1. The van der Waals surface area contributed by atoms with Crippen LogP contribution in [0.5, 0.6) is 0 Å². The van der Waals surface area contributed by atoms with E-state index in [4.69, 9.17) is 4.42 Å². The van der Waals surface area contributed by atoms with Gasteiger partial charge < -0.3 is 4.42 Å². The molecular formula is C46H30O. The van der Waals surface area contributed by atoms with E-state index in [1.807, 2.05) is 6.07 Å². The quantitative estimate of drug-likeness (QED) is 0.184. The molecule has 0 N–H and O–H groups in total. The number of rotatable bonds is 4. The van der Waals surface area contributed by atoms with E-state index in [-0.39, 0.29) is 5.92 Å². The number of benzene rings is 8. The fraction of sp³-hybridized carbons (Fsp3) is 0.0435. The molecular weight excluding hydrogens is 569 g/mol. The van der Waals surface area contributed by atoms with E-state index in [2.05, 4.69) is 158 Å². The molecule has 0 radical (unpaired) electrons. The first kappa shape index (κ1) is 26.3. The molecule has 220 valence electrons. The van der Waals surface area contributed by atoms with Crippen molar-refractivity contribution in [3.05, 3.63) is 175 Å². The van der Waals surface area contributed by atoms with Crippen molar-refractivity contribution in [3.63, 3.8) is 0 Å². The normalized spacial score (nSPS) is 15.0. The molecule has 1 nitrogen and oxygen atoms in total. The minimum atomic E-state index is 0.259. The maximum atomic E-state index is 6.40. The van der Waals surface area contributed by atoms with Crippen LogP contribution >= 0.6 is 0 Å². The number of allylic oxidation sites excluding steroid dienone is 4. The highest BCUT2D eigenvalue weighted by Crippen LogP contribution is 2.46. The molecule has 1 atom stereocenters. The van der Waals surface area contributed by atoms with Crippen LogP contribution in [0, 0.1) is 0 Å². The lowest BCUT2D eigenvalue weighted by Crippen LogP contribution is -2.02. The minimum Gasteiger partial charge on any atom is -0.455 e. The van der Waals surface area contributed by atoms with E-state index in [1.165, 1.54) is 76.5 Å². The molecule has 8 aromatic carbocycles. The zero-order chi connectivity index (χ0) is 30.9. The third-order valence-electron chi connectivity index (χ3n) is 10.2. The average Bonchev–Trinajstić information content (AvgIpc) is 3.53. The maximum Gasteiger partial charge on any atom is 0.143 e. The summed E-state index contributed by atoms with van der Waals surface area (Å²) in [4.78, 5) is 0. The molecule has 1 aliphatic carbocycles. The van der Waals surface area contributed by atoms with Crippen LogP contribution in [0.25, 0.3) is 82.1 Å². The highest BCUT2D eigenvalue weighted by atomic mass is 16.3. The first-order valence-corrected chi connectivity index (χ1v) is 16.5. The summed E-state index contributed by atoms with van der Waals surface area (Å²) in [5, 5.41) is 10.3. The van der Waals surface area contributed by atoms with Gasteiger partial charge in [-0.2, -0.15) is 0 Å². The summed E-state index contributed by atoms with van der Waals surface area (Å²) in [6.07, 6.45) is 8.05. The second kappa shape index (κ2) is 10.3. The molecule has 0 bridgehead atoms. The van der Waals surface area contributed by atoms with Gasteiger partial charge in [0.15, 0.2) is 0 Å². The molecule has 10 rings (SSSR count). The smallest absolute Gasteiger partial charge is 0.143 e. The molecule has 0 fully saturated rings. The van der Waals surface area contributed by atoms with Crippen LogP contribution < -0.4 is 0 Å². The third kappa shape index (κ3) is 4.03. The number of hydrogen-bond acceptors (Lipinski definition) is 1. The second-order valence-electron chi connectivity index (χ2n) is 12.7. The van der Waals surface area contributed by atoms with Gasteiger partial charge in [-0.05, 0) is 84.3 Å². The standard InChI is InChI=1S/C46H30O/c1-3-10-29(11-4-1)34-24-22-33-23-25-38-41(30-12-5-2-6-13-30)28-42(39-27-26-37(34)44(33)45(38)39)32-20-18-31(19-21-32)35-15-9-16-40-36-14-7-8-17-43(36)47-46(35)40/h1-20,22-28,32H,21H2. The molecule has 9 aromatic rings. The van der Waals surface area contributed by atoms with Gasteiger partial charge in [-0.1, -0.05) is 152 Å². The fourth-order valence-electron chi connectivity index (χ4n) is 7.98. The number of para-hydroxylation sites is 2. The zero-order valence-electron chi connectivity index (χ0n) is 25.8. The minimum absolute atomic E-state index is 0.259. The van der Waals surface area contributed by atoms with Crippen molar-refractivity contribution >= 4 is 59.8 Å². The molecule has 1 aliphatic rings. The van der Waals surface area contributed by atoms with Gasteiger partial charge in [0.05, 0.1) is 0 Å². The second-order valence-corrected chi connectivity index (χ2v) is 12.7. The Kier molecular flexibility index (Phi) is 5.77. The Balaban J connectivity index is 1.16. The first-order valence-electron chi connectivity index (χ1n) is 16.5. The maximum absolute atomic E-state index is 6.40. The third-order valence-corrected chi connectivity index (χ3v) is 10.2. The largest absolute Gasteiger partial charge is 0.455 e. The van der Waals surface area contributed by atoms with E-state index in [0.717, 1.165) is 23.2 Å². The summed E-state index contributed by atoms with van der Waals surface area (Å²) in [6.45, 7) is 0. The van der Waals surface area contributed by atoms with Crippen molar-refractivity contribution in [2.45, 2.75) is 12.3 Å². The van der Waals surface area contributed by atoms with Gasteiger partial charge in [0, 0.05) is 22.3 Å². The first-order chi connectivity index (χ1) is 23.3. The Labute approximate surface area is 273 Å². The summed E-state index contributed by atoms with van der Waals surface area (Å²) in [5.74, 6) is 0.259. The van der Waals surface area contributed by atoms with Crippen molar-refractivity contribution < 1.29 is 4.42 Å². The fourth-order valence-corrected chi connectivity index (χ4v) is 7.98. The van der Waals surface area contributed by atoms with Gasteiger partial charge in [0.1, 0.15) is 11.2 Å². The Morgan fingerprint density at radius 1 is 0.489 bits per heavy atom. The summed E-state index contributed by atoms with van der Waals surface area (Å²) < 4.78 is 6.40. The van der Waals surface area contributed by atoms with Crippen LogP contribution in [0.2, 0.25) is 0 Å². The van der Waals surface area contributed by atoms with Crippen molar-refractivity contribution in [1.82, 2.24) is 0 Å². The SMILES string of the molecule is C1=CC(c2cc(-c3ccccc3)c3ccc4ccc(-c5ccccc5)c5ccc2c3c45)CC=C1c1cccc2c1oc1ccccc12. The van der Waals surface area contributed by atoms with Crippen molar-refractivity contribution in [1.29, 1.82) is 0 Å².